The summed E-state index contributed by atoms with van der Waals surface area (Å²) in [6.07, 6.45) is 5.04. The van der Waals surface area contributed by atoms with Gasteiger partial charge in [0.25, 0.3) is 0 Å². The van der Waals surface area contributed by atoms with Crippen LogP contribution in [0.3, 0.4) is 0 Å². The molecule has 0 saturated carbocycles. The Balaban J connectivity index is 2.31. The third kappa shape index (κ3) is 1.50. The lowest BCUT2D eigenvalue weighted by Crippen LogP contribution is -2.29. The molecule has 0 aromatic carbocycles. The molecule has 0 saturated heterocycles. The monoisotopic (exact) mass is 193 g/mol. The van der Waals surface area contributed by atoms with Gasteiger partial charge in [-0.2, -0.15) is 10.2 Å². The number of nitrogens with two attached hydrogens (primary N) is 1. The molecule has 2 heterocycles. The van der Waals surface area contributed by atoms with E-state index in [1.54, 1.807) is 10.9 Å². The molecule has 0 aliphatic carbocycles. The number of hydrogen-bond donors (Lipinski definition) is 3. The lowest BCUT2D eigenvalue weighted by atomic mass is 10.1. The van der Waals surface area contributed by atoms with Gasteiger partial charge in [0.2, 0.25) is 0 Å². The van der Waals surface area contributed by atoms with Crippen LogP contribution in [-0.2, 0) is 7.05 Å². The van der Waals surface area contributed by atoms with E-state index in [0.29, 0.717) is 5.82 Å². The van der Waals surface area contributed by atoms with Gasteiger partial charge in [-0.1, -0.05) is 0 Å². The lowest BCUT2D eigenvalue weighted by Gasteiger charge is -2.09. The van der Waals surface area contributed by atoms with E-state index in [-0.39, 0.29) is 6.04 Å². The van der Waals surface area contributed by atoms with Crippen LogP contribution < -0.4 is 11.3 Å². The van der Waals surface area contributed by atoms with Crippen molar-refractivity contribution in [2.24, 2.45) is 12.9 Å². The Morgan fingerprint density at radius 2 is 2.50 bits per heavy atom. The normalized spacial score (nSPS) is 13.0. The van der Waals surface area contributed by atoms with Gasteiger partial charge >= 0.3 is 0 Å². The van der Waals surface area contributed by atoms with Crippen molar-refractivity contribution >= 4 is 0 Å². The van der Waals surface area contributed by atoms with Gasteiger partial charge in [0.15, 0.2) is 0 Å². The molecule has 0 aliphatic heterocycles. The van der Waals surface area contributed by atoms with Gasteiger partial charge in [0.05, 0.1) is 6.20 Å². The van der Waals surface area contributed by atoms with Gasteiger partial charge in [0.1, 0.15) is 18.2 Å². The highest BCUT2D eigenvalue weighted by Crippen LogP contribution is 2.15. The van der Waals surface area contributed by atoms with Crippen molar-refractivity contribution < 1.29 is 0 Å². The highest BCUT2D eigenvalue weighted by Gasteiger charge is 2.16. The largest absolute Gasteiger partial charge is 0.275 e. The number of aromatic nitrogens is 5. The van der Waals surface area contributed by atoms with Crippen molar-refractivity contribution in [3.05, 3.63) is 30.1 Å². The standard InChI is InChI=1S/C7H11N7/c1-14-3-5(2-11-14)6(12-8)7-9-4-10-13-7/h2-4,6,12H,8H2,1H3,(H,9,10,13). The fourth-order valence-electron chi connectivity index (χ4n) is 1.28. The summed E-state index contributed by atoms with van der Waals surface area (Å²) in [5.41, 5.74) is 3.58. The molecule has 0 fully saturated rings. The minimum atomic E-state index is -0.203. The van der Waals surface area contributed by atoms with Crippen LogP contribution >= 0.6 is 0 Å². The Labute approximate surface area is 80.3 Å². The van der Waals surface area contributed by atoms with Gasteiger partial charge in [-0.3, -0.25) is 15.6 Å². The Morgan fingerprint density at radius 3 is 3.00 bits per heavy atom. The molecular weight excluding hydrogens is 182 g/mol. The van der Waals surface area contributed by atoms with Crippen LogP contribution in [0, 0.1) is 0 Å². The molecular formula is C7H11N7. The number of rotatable bonds is 3. The van der Waals surface area contributed by atoms with Gasteiger partial charge < -0.3 is 0 Å². The van der Waals surface area contributed by atoms with Crippen LogP contribution in [0.1, 0.15) is 17.4 Å². The molecule has 4 N–H and O–H groups in total. The quantitative estimate of drug-likeness (QED) is 0.433. The molecule has 1 atom stereocenters. The number of hydrogen-bond acceptors (Lipinski definition) is 5. The molecule has 7 heteroatoms. The van der Waals surface area contributed by atoms with E-state index in [4.69, 9.17) is 5.84 Å². The van der Waals surface area contributed by atoms with Crippen molar-refractivity contribution in [1.29, 1.82) is 0 Å². The minimum absolute atomic E-state index is 0.203. The van der Waals surface area contributed by atoms with Crippen LogP contribution in [0.5, 0.6) is 0 Å². The lowest BCUT2D eigenvalue weighted by molar-refractivity contribution is 0.603. The molecule has 0 bridgehead atoms. The maximum absolute atomic E-state index is 5.43. The molecule has 0 spiro atoms. The summed E-state index contributed by atoms with van der Waals surface area (Å²) in [6, 6.07) is -0.203. The van der Waals surface area contributed by atoms with E-state index in [0.717, 1.165) is 5.56 Å². The number of aryl methyl sites for hydroxylation is 1. The van der Waals surface area contributed by atoms with Crippen LogP contribution in [0.25, 0.3) is 0 Å². The first-order valence-electron chi connectivity index (χ1n) is 4.11. The number of hydrazine groups is 1. The molecule has 1 unspecified atom stereocenters. The first-order valence-corrected chi connectivity index (χ1v) is 4.11. The topological polar surface area (TPSA) is 97.4 Å². The first kappa shape index (κ1) is 8.85. The summed E-state index contributed by atoms with van der Waals surface area (Å²) in [7, 11) is 1.84. The second kappa shape index (κ2) is 3.56. The van der Waals surface area contributed by atoms with Crippen molar-refractivity contribution in [2.45, 2.75) is 6.04 Å². The highest BCUT2D eigenvalue weighted by molar-refractivity contribution is 5.17. The molecule has 2 aromatic rings. The zero-order valence-corrected chi connectivity index (χ0v) is 7.68. The van der Waals surface area contributed by atoms with Gasteiger partial charge in [-0.05, 0) is 0 Å². The molecule has 0 aliphatic rings. The Morgan fingerprint density at radius 1 is 1.64 bits per heavy atom. The molecule has 2 rings (SSSR count). The summed E-state index contributed by atoms with van der Waals surface area (Å²) in [4.78, 5) is 4.03. The average molecular weight is 193 g/mol. The maximum Gasteiger partial charge on any atom is 0.147 e. The Bertz CT molecular complexity index is 390. The van der Waals surface area contributed by atoms with Gasteiger partial charge in [-0.15, -0.1) is 0 Å². The first-order chi connectivity index (χ1) is 6.81. The van der Waals surface area contributed by atoms with Crippen molar-refractivity contribution in [2.75, 3.05) is 0 Å². The van der Waals surface area contributed by atoms with Crippen molar-refractivity contribution in [1.82, 2.24) is 30.4 Å². The number of H-pyrrole nitrogens is 1. The highest BCUT2D eigenvalue weighted by atomic mass is 15.3. The molecule has 14 heavy (non-hydrogen) atoms. The number of nitrogens with one attached hydrogen (secondary N) is 2. The van der Waals surface area contributed by atoms with E-state index >= 15 is 0 Å². The average Bonchev–Trinajstić information content (AvgIpc) is 2.79. The van der Waals surface area contributed by atoms with E-state index in [1.165, 1.54) is 6.33 Å². The van der Waals surface area contributed by atoms with E-state index in [2.05, 4.69) is 25.7 Å². The van der Waals surface area contributed by atoms with Crippen LogP contribution in [0.4, 0.5) is 0 Å². The van der Waals surface area contributed by atoms with E-state index < -0.39 is 0 Å². The number of aromatic amines is 1. The molecule has 2 aromatic heterocycles. The molecule has 0 radical (unpaired) electrons. The fourth-order valence-corrected chi connectivity index (χ4v) is 1.28. The van der Waals surface area contributed by atoms with Crippen molar-refractivity contribution in [3.63, 3.8) is 0 Å². The predicted molar refractivity (Wildman–Crippen MR) is 48.8 cm³/mol. The SMILES string of the molecule is Cn1cc(C(NN)c2ncn[nH]2)cn1. The Kier molecular flexibility index (Phi) is 2.25. The molecule has 7 nitrogen and oxygen atoms in total. The molecule has 74 valence electrons. The summed E-state index contributed by atoms with van der Waals surface area (Å²) < 4.78 is 1.70. The fraction of sp³-hybridized carbons (Fsp3) is 0.286. The van der Waals surface area contributed by atoms with Crippen LogP contribution in [-0.4, -0.2) is 25.0 Å². The smallest absolute Gasteiger partial charge is 0.147 e. The third-order valence-corrected chi connectivity index (χ3v) is 1.93. The van der Waals surface area contributed by atoms with E-state index in [9.17, 15) is 0 Å². The van der Waals surface area contributed by atoms with Crippen LogP contribution in [0.2, 0.25) is 0 Å². The predicted octanol–water partition coefficient (Wildman–Crippen LogP) is -0.909. The van der Waals surface area contributed by atoms with Crippen molar-refractivity contribution in [3.8, 4) is 0 Å². The zero-order chi connectivity index (χ0) is 9.97. The minimum Gasteiger partial charge on any atom is -0.275 e. The summed E-state index contributed by atoms with van der Waals surface area (Å²) in [5.74, 6) is 6.10. The summed E-state index contributed by atoms with van der Waals surface area (Å²) in [5, 5.41) is 10.6. The second-order valence-corrected chi connectivity index (χ2v) is 2.92. The van der Waals surface area contributed by atoms with E-state index in [1.807, 2.05) is 13.2 Å². The summed E-state index contributed by atoms with van der Waals surface area (Å²) in [6.45, 7) is 0. The van der Waals surface area contributed by atoms with Gasteiger partial charge in [-0.25, -0.2) is 10.4 Å². The summed E-state index contributed by atoms with van der Waals surface area (Å²) >= 11 is 0. The third-order valence-electron chi connectivity index (χ3n) is 1.93. The Hall–Kier alpha value is -1.73. The van der Waals surface area contributed by atoms with Gasteiger partial charge in [0, 0.05) is 18.8 Å². The maximum atomic E-state index is 5.43. The van der Waals surface area contributed by atoms with Crippen LogP contribution in [0.15, 0.2) is 18.7 Å². The number of nitrogens with zero attached hydrogens (tertiary/aromatic N) is 4. The molecule has 0 amide bonds. The zero-order valence-electron chi connectivity index (χ0n) is 7.68. The second-order valence-electron chi connectivity index (χ2n) is 2.92.